The van der Waals surface area contributed by atoms with Crippen molar-refractivity contribution in [2.45, 2.75) is 18.3 Å². The molecule has 1 fully saturated rings. The molecule has 0 bridgehead atoms. The molecule has 4 aromatic rings. The summed E-state index contributed by atoms with van der Waals surface area (Å²) >= 11 is 0. The van der Waals surface area contributed by atoms with E-state index in [2.05, 4.69) is 25.0 Å². The number of aromatic amines is 2. The van der Waals surface area contributed by atoms with Crippen molar-refractivity contribution in [2.24, 2.45) is 0 Å². The quantitative estimate of drug-likeness (QED) is 0.574. The number of H-pyrrole nitrogens is 2. The lowest BCUT2D eigenvalue weighted by Crippen LogP contribution is -2.23. The first-order valence-electron chi connectivity index (χ1n) is 8.38. The van der Waals surface area contributed by atoms with Gasteiger partial charge in [-0.15, -0.1) is 0 Å². The van der Waals surface area contributed by atoms with E-state index in [4.69, 9.17) is 0 Å². The Hall–Kier alpha value is -3.62. The monoisotopic (exact) mass is 364 g/mol. The van der Waals surface area contributed by atoms with Crippen LogP contribution >= 0.6 is 0 Å². The molecule has 1 unspecified atom stereocenters. The highest BCUT2D eigenvalue weighted by Gasteiger charge is 2.42. The van der Waals surface area contributed by atoms with Crippen LogP contribution in [0.2, 0.25) is 0 Å². The number of nitrogens with zero attached hydrogens (tertiary/aromatic N) is 4. The Morgan fingerprint density at radius 3 is 2.85 bits per heavy atom. The van der Waals surface area contributed by atoms with E-state index in [1.807, 2.05) is 0 Å². The Balaban J connectivity index is 1.63. The van der Waals surface area contributed by atoms with Crippen molar-refractivity contribution in [1.29, 1.82) is 0 Å². The van der Waals surface area contributed by atoms with E-state index in [0.29, 0.717) is 16.9 Å². The molecule has 2 atom stereocenters. The average molecular weight is 364 g/mol. The normalized spacial score (nSPS) is 18.7. The van der Waals surface area contributed by atoms with Gasteiger partial charge in [-0.05, 0) is 36.0 Å². The summed E-state index contributed by atoms with van der Waals surface area (Å²) in [7, 11) is 0. The Morgan fingerprint density at radius 1 is 1.19 bits per heavy atom. The first-order chi connectivity index (χ1) is 13.1. The molecule has 0 aromatic carbocycles. The number of pyridine rings is 1. The molecule has 27 heavy (non-hydrogen) atoms. The Kier molecular flexibility index (Phi) is 3.30. The van der Waals surface area contributed by atoms with E-state index in [9.17, 15) is 14.0 Å². The third-order valence-corrected chi connectivity index (χ3v) is 4.88. The van der Waals surface area contributed by atoms with Crippen LogP contribution in [0.15, 0.2) is 52.7 Å². The zero-order chi connectivity index (χ0) is 18.5. The molecule has 1 saturated carbocycles. The van der Waals surface area contributed by atoms with Gasteiger partial charge in [0.25, 0.3) is 5.56 Å². The number of fused-ring (bicyclic) bond motifs is 1. The fourth-order valence-corrected chi connectivity index (χ4v) is 3.51. The van der Waals surface area contributed by atoms with Crippen LogP contribution in [0, 0.1) is 5.82 Å². The summed E-state index contributed by atoms with van der Waals surface area (Å²) in [5.41, 5.74) is 1.73. The molecule has 8 nitrogen and oxygen atoms in total. The summed E-state index contributed by atoms with van der Waals surface area (Å²) in [6.07, 6.45) is 8.21. The summed E-state index contributed by atoms with van der Waals surface area (Å²) < 4.78 is 15.7. The first kappa shape index (κ1) is 15.6. The van der Waals surface area contributed by atoms with Gasteiger partial charge in [0.05, 0.1) is 17.5 Å². The highest BCUT2D eigenvalue weighted by Crippen LogP contribution is 2.56. The number of aromatic nitrogens is 6. The SMILES string of the molecule is O=c1[nH]cc(-c2cc([C@H]3CC3c3ccncc3F)c3nccn3n2)c(=O)[nH]1. The lowest BCUT2D eigenvalue weighted by atomic mass is 10.0. The van der Waals surface area contributed by atoms with Crippen LogP contribution in [0.3, 0.4) is 0 Å². The Morgan fingerprint density at radius 2 is 2.04 bits per heavy atom. The van der Waals surface area contributed by atoms with Crippen LogP contribution in [0.25, 0.3) is 16.9 Å². The van der Waals surface area contributed by atoms with Gasteiger partial charge in [-0.2, -0.15) is 5.10 Å². The molecule has 0 amide bonds. The average Bonchev–Trinajstić information content (AvgIpc) is 3.29. The highest BCUT2D eigenvalue weighted by atomic mass is 19.1. The lowest BCUT2D eigenvalue weighted by molar-refractivity contribution is 0.603. The molecular weight excluding hydrogens is 351 g/mol. The van der Waals surface area contributed by atoms with Crippen LogP contribution in [0.5, 0.6) is 0 Å². The van der Waals surface area contributed by atoms with Crippen molar-refractivity contribution >= 4 is 5.65 Å². The minimum absolute atomic E-state index is 0.0256. The molecule has 1 aliphatic rings. The molecule has 1 aliphatic carbocycles. The van der Waals surface area contributed by atoms with E-state index in [-0.39, 0.29) is 23.2 Å². The molecule has 0 radical (unpaired) electrons. The maximum absolute atomic E-state index is 14.1. The molecule has 5 rings (SSSR count). The van der Waals surface area contributed by atoms with Crippen molar-refractivity contribution in [3.63, 3.8) is 0 Å². The van der Waals surface area contributed by atoms with Gasteiger partial charge in [0.1, 0.15) is 5.82 Å². The second-order valence-corrected chi connectivity index (χ2v) is 6.51. The van der Waals surface area contributed by atoms with Gasteiger partial charge in [0.2, 0.25) is 0 Å². The van der Waals surface area contributed by atoms with Crippen LogP contribution in [0.4, 0.5) is 4.39 Å². The second-order valence-electron chi connectivity index (χ2n) is 6.51. The first-order valence-corrected chi connectivity index (χ1v) is 8.38. The van der Waals surface area contributed by atoms with Crippen molar-refractivity contribution in [3.05, 3.63) is 80.9 Å². The zero-order valence-corrected chi connectivity index (χ0v) is 13.9. The van der Waals surface area contributed by atoms with Gasteiger partial charge < -0.3 is 4.98 Å². The largest absolute Gasteiger partial charge is 0.325 e. The summed E-state index contributed by atoms with van der Waals surface area (Å²) in [5.74, 6) is -0.233. The van der Waals surface area contributed by atoms with Crippen LogP contribution in [-0.4, -0.2) is 29.5 Å². The lowest BCUT2D eigenvalue weighted by Gasteiger charge is -2.07. The van der Waals surface area contributed by atoms with Gasteiger partial charge in [0.15, 0.2) is 5.65 Å². The molecule has 9 heteroatoms. The molecule has 0 saturated heterocycles. The van der Waals surface area contributed by atoms with Crippen molar-refractivity contribution in [2.75, 3.05) is 0 Å². The van der Waals surface area contributed by atoms with Gasteiger partial charge in [-0.1, -0.05) is 0 Å². The maximum Gasteiger partial charge on any atom is 0.325 e. The topological polar surface area (TPSA) is 109 Å². The van der Waals surface area contributed by atoms with Gasteiger partial charge in [-0.25, -0.2) is 18.7 Å². The third kappa shape index (κ3) is 2.55. The van der Waals surface area contributed by atoms with Crippen LogP contribution < -0.4 is 11.2 Å². The third-order valence-electron chi connectivity index (χ3n) is 4.88. The summed E-state index contributed by atoms with van der Waals surface area (Å²) in [5, 5.41) is 4.41. The Labute approximate surface area is 150 Å². The number of hydrogen-bond donors (Lipinski definition) is 2. The summed E-state index contributed by atoms with van der Waals surface area (Å²) in [6.45, 7) is 0. The molecular formula is C18H13FN6O2. The van der Waals surface area contributed by atoms with Crippen LogP contribution in [0.1, 0.15) is 29.4 Å². The molecule has 4 heterocycles. The highest BCUT2D eigenvalue weighted by molar-refractivity contribution is 5.63. The number of halogens is 1. The van der Waals surface area contributed by atoms with Crippen molar-refractivity contribution in [1.82, 2.24) is 29.5 Å². The van der Waals surface area contributed by atoms with E-state index < -0.39 is 11.2 Å². The van der Waals surface area contributed by atoms with Gasteiger partial charge in [-0.3, -0.25) is 14.8 Å². The zero-order valence-electron chi connectivity index (χ0n) is 13.9. The molecule has 0 spiro atoms. The van der Waals surface area contributed by atoms with Crippen molar-refractivity contribution < 1.29 is 4.39 Å². The smallest absolute Gasteiger partial charge is 0.313 e. The van der Waals surface area contributed by atoms with E-state index >= 15 is 0 Å². The molecule has 134 valence electrons. The summed E-state index contributed by atoms with van der Waals surface area (Å²) in [4.78, 5) is 36.2. The number of nitrogens with one attached hydrogen (secondary N) is 2. The number of rotatable bonds is 3. The standard InChI is InChI=1S/C18H13FN6O2/c19-14-8-20-2-1-9(14)10-5-11(10)12-6-15(24-25-4-3-21-16(12)25)13-7-22-18(27)23-17(13)26/h1-4,6-8,10-11H,5H2,(H2,22,23,26,27)/t10?,11-/m0/s1. The van der Waals surface area contributed by atoms with Gasteiger partial charge >= 0.3 is 5.69 Å². The number of imidazole rings is 1. The predicted octanol–water partition coefficient (Wildman–Crippen LogP) is 1.58. The Bertz CT molecular complexity index is 1290. The maximum atomic E-state index is 14.1. The van der Waals surface area contributed by atoms with Gasteiger partial charge in [0, 0.05) is 30.4 Å². The van der Waals surface area contributed by atoms with Crippen molar-refractivity contribution in [3.8, 4) is 11.3 Å². The summed E-state index contributed by atoms with van der Waals surface area (Å²) in [6, 6.07) is 3.48. The molecule has 0 aliphatic heterocycles. The fraction of sp³-hybridized carbons (Fsp3) is 0.167. The minimum Gasteiger partial charge on any atom is -0.313 e. The molecule has 4 aromatic heterocycles. The predicted molar refractivity (Wildman–Crippen MR) is 94.0 cm³/mol. The second kappa shape index (κ2) is 5.70. The van der Waals surface area contributed by atoms with E-state index in [1.54, 1.807) is 35.2 Å². The van der Waals surface area contributed by atoms with E-state index in [0.717, 1.165) is 12.0 Å². The minimum atomic E-state index is -0.580. The van der Waals surface area contributed by atoms with Crippen LogP contribution in [-0.2, 0) is 0 Å². The van der Waals surface area contributed by atoms with E-state index in [1.165, 1.54) is 12.4 Å². The fourth-order valence-electron chi connectivity index (χ4n) is 3.51. The number of hydrogen-bond acceptors (Lipinski definition) is 5. The molecule has 2 N–H and O–H groups in total.